The molecular formula is C17H22O2. The van der Waals surface area contributed by atoms with Crippen LogP contribution in [0.5, 0.6) is 0 Å². The maximum atomic E-state index is 11.8. The van der Waals surface area contributed by atoms with Crippen molar-refractivity contribution in [3.8, 4) is 0 Å². The van der Waals surface area contributed by atoms with Crippen molar-refractivity contribution in [3.63, 3.8) is 0 Å². The van der Waals surface area contributed by atoms with Crippen LogP contribution in [0.2, 0.25) is 0 Å². The topological polar surface area (TPSA) is 26.3 Å². The number of esters is 1. The van der Waals surface area contributed by atoms with Crippen LogP contribution in [-0.2, 0) is 16.0 Å². The first-order chi connectivity index (χ1) is 9.23. The van der Waals surface area contributed by atoms with Crippen LogP contribution < -0.4 is 0 Å². The summed E-state index contributed by atoms with van der Waals surface area (Å²) in [5, 5.41) is 0. The van der Waals surface area contributed by atoms with E-state index in [0.29, 0.717) is 12.3 Å². The zero-order valence-corrected chi connectivity index (χ0v) is 11.6. The van der Waals surface area contributed by atoms with Gasteiger partial charge in [-0.1, -0.05) is 43.7 Å². The smallest absolute Gasteiger partial charge is 0.306 e. The van der Waals surface area contributed by atoms with Crippen molar-refractivity contribution in [2.75, 3.05) is 0 Å². The van der Waals surface area contributed by atoms with Crippen molar-refractivity contribution in [3.05, 3.63) is 35.9 Å². The number of hydrogen-bond acceptors (Lipinski definition) is 2. The second-order valence-electron chi connectivity index (χ2n) is 6.06. The molecule has 0 heterocycles. The third-order valence-corrected chi connectivity index (χ3v) is 4.89. The molecule has 2 heteroatoms. The second kappa shape index (κ2) is 4.99. The Morgan fingerprint density at radius 1 is 1.32 bits per heavy atom. The van der Waals surface area contributed by atoms with Crippen LogP contribution in [0.3, 0.4) is 0 Å². The first-order valence-electron chi connectivity index (χ1n) is 7.49. The number of hydrogen-bond donors (Lipinski definition) is 0. The molecule has 0 aliphatic heterocycles. The van der Waals surface area contributed by atoms with Crippen molar-refractivity contribution < 1.29 is 9.53 Å². The van der Waals surface area contributed by atoms with Crippen molar-refractivity contribution in [2.45, 2.75) is 51.0 Å². The van der Waals surface area contributed by atoms with Gasteiger partial charge in [0.2, 0.25) is 0 Å². The summed E-state index contributed by atoms with van der Waals surface area (Å²) in [6, 6.07) is 10.5. The van der Waals surface area contributed by atoms with Crippen molar-refractivity contribution >= 4 is 5.97 Å². The second-order valence-corrected chi connectivity index (χ2v) is 6.06. The Morgan fingerprint density at radius 3 is 2.79 bits per heavy atom. The molecule has 0 amide bonds. The quantitative estimate of drug-likeness (QED) is 0.769. The molecule has 0 bridgehead atoms. The molecule has 19 heavy (non-hydrogen) atoms. The fraction of sp³-hybridized carbons (Fsp3) is 0.588. The van der Waals surface area contributed by atoms with E-state index in [4.69, 9.17) is 4.74 Å². The number of rotatable bonds is 4. The predicted octanol–water partition coefficient (Wildman–Crippen LogP) is 3.74. The highest BCUT2D eigenvalue weighted by Crippen LogP contribution is 2.56. The van der Waals surface area contributed by atoms with Crippen molar-refractivity contribution in [2.24, 2.45) is 11.8 Å². The van der Waals surface area contributed by atoms with Gasteiger partial charge >= 0.3 is 5.97 Å². The molecule has 1 aromatic carbocycles. The summed E-state index contributed by atoms with van der Waals surface area (Å²) in [7, 11) is 0. The number of carbonyl (C=O) groups excluding carboxylic acids is 1. The standard InChI is InChI=1S/C17H22O2/c1-2-16(18)19-17(11-13-7-4-3-5-8-13)12-14-9-6-10-15(14)17/h3-5,7-8,14-15H,2,6,9-12H2,1H3/t14-,15-,17-/m0/s1. The Bertz CT molecular complexity index is 454. The maximum Gasteiger partial charge on any atom is 0.306 e. The van der Waals surface area contributed by atoms with Gasteiger partial charge in [0.15, 0.2) is 0 Å². The molecule has 2 aliphatic rings. The number of benzene rings is 1. The summed E-state index contributed by atoms with van der Waals surface area (Å²) in [6.07, 6.45) is 6.29. The average molecular weight is 258 g/mol. The van der Waals surface area contributed by atoms with Gasteiger partial charge in [-0.25, -0.2) is 0 Å². The maximum absolute atomic E-state index is 11.8. The van der Waals surface area contributed by atoms with Crippen LogP contribution in [0.15, 0.2) is 30.3 Å². The van der Waals surface area contributed by atoms with Crippen molar-refractivity contribution in [1.29, 1.82) is 0 Å². The van der Waals surface area contributed by atoms with Gasteiger partial charge in [-0.2, -0.15) is 0 Å². The Hall–Kier alpha value is -1.31. The lowest BCUT2D eigenvalue weighted by atomic mass is 9.60. The first kappa shape index (κ1) is 12.7. The summed E-state index contributed by atoms with van der Waals surface area (Å²) in [4.78, 5) is 11.8. The monoisotopic (exact) mass is 258 g/mol. The van der Waals surface area contributed by atoms with Crippen LogP contribution >= 0.6 is 0 Å². The minimum atomic E-state index is -0.199. The predicted molar refractivity (Wildman–Crippen MR) is 74.7 cm³/mol. The molecule has 3 rings (SSSR count). The largest absolute Gasteiger partial charge is 0.458 e. The van der Waals surface area contributed by atoms with E-state index in [9.17, 15) is 4.79 Å². The SMILES string of the molecule is CCC(=O)O[C@@]1(Cc2ccccc2)C[C@@H]2CCC[C@@H]21. The summed E-state index contributed by atoms with van der Waals surface area (Å²) in [5.41, 5.74) is 1.09. The Balaban J connectivity index is 1.79. The van der Waals surface area contributed by atoms with Gasteiger partial charge in [-0.05, 0) is 30.7 Å². The lowest BCUT2D eigenvalue weighted by molar-refractivity contribution is -0.191. The van der Waals surface area contributed by atoms with Crippen LogP contribution in [-0.4, -0.2) is 11.6 Å². The van der Waals surface area contributed by atoms with Crippen LogP contribution in [0, 0.1) is 11.8 Å². The van der Waals surface area contributed by atoms with E-state index in [-0.39, 0.29) is 11.6 Å². The lowest BCUT2D eigenvalue weighted by Gasteiger charge is -2.51. The van der Waals surface area contributed by atoms with Gasteiger partial charge in [0.05, 0.1) is 0 Å². The molecule has 0 saturated heterocycles. The van der Waals surface area contributed by atoms with Crippen molar-refractivity contribution in [1.82, 2.24) is 0 Å². The lowest BCUT2D eigenvalue weighted by Crippen LogP contribution is -2.56. The molecule has 0 N–H and O–H groups in total. The highest BCUT2D eigenvalue weighted by atomic mass is 16.6. The van der Waals surface area contributed by atoms with E-state index < -0.39 is 0 Å². The van der Waals surface area contributed by atoms with Gasteiger partial charge in [0, 0.05) is 18.8 Å². The molecular weight excluding hydrogens is 236 g/mol. The molecule has 2 nitrogen and oxygen atoms in total. The zero-order chi connectivity index (χ0) is 13.3. The van der Waals surface area contributed by atoms with Crippen LogP contribution in [0.4, 0.5) is 0 Å². The molecule has 0 unspecified atom stereocenters. The van der Waals surface area contributed by atoms with Gasteiger partial charge in [-0.15, -0.1) is 0 Å². The molecule has 3 atom stereocenters. The fourth-order valence-corrected chi connectivity index (χ4v) is 4.01. The molecule has 0 aromatic heterocycles. The summed E-state index contributed by atoms with van der Waals surface area (Å²) < 4.78 is 5.90. The van der Waals surface area contributed by atoms with E-state index in [1.54, 1.807) is 0 Å². The number of ether oxygens (including phenoxy) is 1. The molecule has 1 aromatic rings. The minimum Gasteiger partial charge on any atom is -0.458 e. The molecule has 2 fully saturated rings. The highest BCUT2D eigenvalue weighted by molar-refractivity contribution is 5.69. The minimum absolute atomic E-state index is 0.0405. The fourth-order valence-electron chi connectivity index (χ4n) is 4.01. The molecule has 2 aliphatic carbocycles. The van der Waals surface area contributed by atoms with E-state index in [2.05, 4.69) is 24.3 Å². The van der Waals surface area contributed by atoms with Gasteiger partial charge in [-0.3, -0.25) is 4.79 Å². The van der Waals surface area contributed by atoms with Crippen LogP contribution in [0.1, 0.15) is 44.6 Å². The van der Waals surface area contributed by atoms with Gasteiger partial charge < -0.3 is 4.74 Å². The summed E-state index contributed by atoms with van der Waals surface area (Å²) in [6.45, 7) is 1.88. The Kier molecular flexibility index (Phi) is 3.34. The Labute approximate surface area is 115 Å². The molecule has 0 spiro atoms. The normalized spacial score (nSPS) is 32.5. The molecule has 2 saturated carbocycles. The summed E-state index contributed by atoms with van der Waals surface area (Å²) in [5.74, 6) is 1.36. The zero-order valence-electron chi connectivity index (χ0n) is 11.6. The van der Waals surface area contributed by atoms with Gasteiger partial charge in [0.1, 0.15) is 5.60 Å². The number of fused-ring (bicyclic) bond motifs is 1. The van der Waals surface area contributed by atoms with Crippen LogP contribution in [0.25, 0.3) is 0 Å². The van der Waals surface area contributed by atoms with E-state index in [1.165, 1.54) is 24.8 Å². The van der Waals surface area contributed by atoms with E-state index in [0.717, 1.165) is 18.8 Å². The number of carbonyl (C=O) groups is 1. The average Bonchev–Trinajstić information content (AvgIpc) is 2.82. The third kappa shape index (κ3) is 2.29. The third-order valence-electron chi connectivity index (χ3n) is 4.89. The van der Waals surface area contributed by atoms with E-state index >= 15 is 0 Å². The van der Waals surface area contributed by atoms with E-state index in [1.807, 2.05) is 13.0 Å². The first-order valence-corrected chi connectivity index (χ1v) is 7.49. The Morgan fingerprint density at radius 2 is 2.11 bits per heavy atom. The molecule has 0 radical (unpaired) electrons. The highest BCUT2D eigenvalue weighted by Gasteiger charge is 2.57. The molecule has 102 valence electrons. The van der Waals surface area contributed by atoms with Gasteiger partial charge in [0.25, 0.3) is 0 Å². The summed E-state index contributed by atoms with van der Waals surface area (Å²) >= 11 is 0.